The zero-order valence-corrected chi connectivity index (χ0v) is 16.5. The Morgan fingerprint density at radius 3 is 2.59 bits per heavy atom. The van der Waals surface area contributed by atoms with Crippen LogP contribution in [0.1, 0.15) is 28.4 Å². The van der Waals surface area contributed by atoms with Crippen molar-refractivity contribution in [3.8, 4) is 0 Å². The molecule has 4 heteroatoms. The molecule has 0 aliphatic rings. The van der Waals surface area contributed by atoms with Crippen LogP contribution in [0.5, 0.6) is 0 Å². The van der Waals surface area contributed by atoms with E-state index in [-0.39, 0.29) is 5.91 Å². The molecule has 0 radical (unpaired) electrons. The maximum Gasteiger partial charge on any atom is 0.255 e. The van der Waals surface area contributed by atoms with Gasteiger partial charge in [0, 0.05) is 28.4 Å². The summed E-state index contributed by atoms with van der Waals surface area (Å²) in [5.74, 6) is -0.0935. The number of para-hydroxylation sites is 1. The second-order valence-electron chi connectivity index (χ2n) is 6.25. The van der Waals surface area contributed by atoms with Gasteiger partial charge in [-0.05, 0) is 60.2 Å². The lowest BCUT2D eigenvalue weighted by molar-refractivity contribution is 0.102. The molecule has 0 saturated heterocycles. The second kappa shape index (κ2) is 9.28. The van der Waals surface area contributed by atoms with Crippen LogP contribution in [0.25, 0.3) is 0 Å². The molecule has 3 aromatic carbocycles. The van der Waals surface area contributed by atoms with E-state index < -0.39 is 0 Å². The number of thioether (sulfide) groups is 1. The molecular weight excluding hydrogens is 352 g/mol. The summed E-state index contributed by atoms with van der Waals surface area (Å²) in [6.45, 7) is 2.83. The number of hydrogen-bond acceptors (Lipinski definition) is 3. The first kappa shape index (κ1) is 19.1. The summed E-state index contributed by atoms with van der Waals surface area (Å²) >= 11 is 1.66. The minimum atomic E-state index is -0.0935. The van der Waals surface area contributed by atoms with Gasteiger partial charge in [-0.15, -0.1) is 11.8 Å². The van der Waals surface area contributed by atoms with Crippen molar-refractivity contribution in [1.82, 2.24) is 0 Å². The van der Waals surface area contributed by atoms with E-state index in [1.54, 1.807) is 11.8 Å². The highest BCUT2D eigenvalue weighted by Crippen LogP contribution is 2.20. The molecule has 0 aromatic heterocycles. The van der Waals surface area contributed by atoms with Gasteiger partial charge < -0.3 is 10.6 Å². The lowest BCUT2D eigenvalue weighted by Gasteiger charge is -2.12. The van der Waals surface area contributed by atoms with E-state index in [4.69, 9.17) is 0 Å². The summed E-state index contributed by atoms with van der Waals surface area (Å²) in [4.78, 5) is 13.7. The summed E-state index contributed by atoms with van der Waals surface area (Å²) in [7, 11) is 0. The van der Waals surface area contributed by atoms with Crippen molar-refractivity contribution in [2.45, 2.75) is 24.8 Å². The van der Waals surface area contributed by atoms with Gasteiger partial charge in [0.25, 0.3) is 5.91 Å². The van der Waals surface area contributed by atoms with Crippen LogP contribution in [-0.2, 0) is 13.0 Å². The monoisotopic (exact) mass is 376 g/mol. The molecule has 0 bridgehead atoms. The molecule has 0 spiro atoms. The Kier molecular flexibility index (Phi) is 6.55. The zero-order valence-electron chi connectivity index (χ0n) is 15.7. The van der Waals surface area contributed by atoms with E-state index >= 15 is 0 Å². The number of aryl methyl sites for hydroxylation is 1. The molecule has 3 nitrogen and oxygen atoms in total. The number of anilines is 2. The Morgan fingerprint density at radius 2 is 1.78 bits per heavy atom. The fraction of sp³-hybridized carbons (Fsp3) is 0.174. The van der Waals surface area contributed by atoms with Gasteiger partial charge in [0.05, 0.1) is 0 Å². The Labute approximate surface area is 165 Å². The molecule has 0 aliphatic heterocycles. The lowest BCUT2D eigenvalue weighted by atomic mass is 10.1. The van der Waals surface area contributed by atoms with Crippen molar-refractivity contribution in [1.29, 1.82) is 0 Å². The van der Waals surface area contributed by atoms with E-state index in [0.29, 0.717) is 12.1 Å². The quantitative estimate of drug-likeness (QED) is 0.509. The van der Waals surface area contributed by atoms with Crippen molar-refractivity contribution in [2.75, 3.05) is 16.9 Å². The van der Waals surface area contributed by atoms with E-state index in [1.807, 2.05) is 60.9 Å². The van der Waals surface area contributed by atoms with Gasteiger partial charge in [0.1, 0.15) is 0 Å². The Morgan fingerprint density at radius 1 is 0.963 bits per heavy atom. The highest BCUT2D eigenvalue weighted by atomic mass is 32.2. The summed E-state index contributed by atoms with van der Waals surface area (Å²) in [6, 6.07) is 23.9. The SMILES string of the molecule is CCc1ccccc1NCc1cccc(C(=O)Nc2cccc(SC)c2)c1. The molecule has 0 saturated carbocycles. The van der Waals surface area contributed by atoms with Gasteiger partial charge in [0.2, 0.25) is 0 Å². The lowest BCUT2D eigenvalue weighted by Crippen LogP contribution is -2.12. The van der Waals surface area contributed by atoms with Crippen molar-refractivity contribution in [3.63, 3.8) is 0 Å². The molecule has 2 N–H and O–H groups in total. The minimum Gasteiger partial charge on any atom is -0.381 e. The van der Waals surface area contributed by atoms with Crippen LogP contribution in [0.4, 0.5) is 11.4 Å². The standard InChI is InChI=1S/C23H24N2OS/c1-3-18-9-4-5-13-22(18)24-16-17-8-6-10-19(14-17)23(26)25-20-11-7-12-21(15-20)27-2/h4-15,24H,3,16H2,1-2H3,(H,25,26). The van der Waals surface area contributed by atoms with Crippen LogP contribution < -0.4 is 10.6 Å². The van der Waals surface area contributed by atoms with E-state index in [1.165, 1.54) is 5.56 Å². The van der Waals surface area contributed by atoms with E-state index in [2.05, 4.69) is 35.8 Å². The average Bonchev–Trinajstić information content (AvgIpc) is 2.72. The predicted molar refractivity (Wildman–Crippen MR) is 116 cm³/mol. The number of benzene rings is 3. The van der Waals surface area contributed by atoms with Gasteiger partial charge in [-0.1, -0.05) is 43.3 Å². The Bertz CT molecular complexity index is 924. The molecule has 27 heavy (non-hydrogen) atoms. The largest absolute Gasteiger partial charge is 0.381 e. The number of carbonyl (C=O) groups excluding carboxylic acids is 1. The van der Waals surface area contributed by atoms with E-state index in [9.17, 15) is 4.79 Å². The summed E-state index contributed by atoms with van der Waals surface area (Å²) in [6.07, 6.45) is 3.01. The smallest absolute Gasteiger partial charge is 0.255 e. The average molecular weight is 377 g/mol. The van der Waals surface area contributed by atoms with Crippen LogP contribution in [0, 0.1) is 0 Å². The molecule has 138 valence electrons. The molecule has 0 aliphatic carbocycles. The summed E-state index contributed by atoms with van der Waals surface area (Å²) in [5, 5.41) is 6.46. The number of hydrogen-bond donors (Lipinski definition) is 2. The third-order valence-corrected chi connectivity index (χ3v) is 5.12. The van der Waals surface area contributed by atoms with Gasteiger partial charge in [-0.2, -0.15) is 0 Å². The number of carbonyl (C=O) groups is 1. The molecule has 0 fully saturated rings. The van der Waals surface area contributed by atoms with Gasteiger partial charge >= 0.3 is 0 Å². The fourth-order valence-corrected chi connectivity index (χ4v) is 3.38. The van der Waals surface area contributed by atoms with E-state index in [0.717, 1.165) is 28.3 Å². The van der Waals surface area contributed by atoms with Crippen LogP contribution >= 0.6 is 11.8 Å². The number of rotatable bonds is 7. The van der Waals surface area contributed by atoms with Gasteiger partial charge in [-0.3, -0.25) is 4.79 Å². The van der Waals surface area contributed by atoms with Gasteiger partial charge in [0.15, 0.2) is 0 Å². The first-order chi connectivity index (χ1) is 13.2. The summed E-state index contributed by atoms with van der Waals surface area (Å²) < 4.78 is 0. The fourth-order valence-electron chi connectivity index (χ4n) is 2.92. The molecular formula is C23H24N2OS. The van der Waals surface area contributed by atoms with Crippen LogP contribution in [0.3, 0.4) is 0 Å². The maximum absolute atomic E-state index is 12.6. The molecule has 0 heterocycles. The molecule has 1 amide bonds. The predicted octanol–water partition coefficient (Wildman–Crippen LogP) is 5.84. The topological polar surface area (TPSA) is 41.1 Å². The van der Waals surface area contributed by atoms with Gasteiger partial charge in [-0.25, -0.2) is 0 Å². The summed E-state index contributed by atoms with van der Waals surface area (Å²) in [5.41, 5.74) is 4.98. The zero-order chi connectivity index (χ0) is 19.1. The second-order valence-corrected chi connectivity index (χ2v) is 7.13. The number of nitrogens with one attached hydrogen (secondary N) is 2. The van der Waals surface area contributed by atoms with Crippen molar-refractivity contribution in [2.24, 2.45) is 0 Å². The van der Waals surface area contributed by atoms with Crippen molar-refractivity contribution >= 4 is 29.0 Å². The van der Waals surface area contributed by atoms with Crippen LogP contribution in [0.2, 0.25) is 0 Å². The van der Waals surface area contributed by atoms with Crippen molar-refractivity contribution in [3.05, 3.63) is 89.5 Å². The van der Waals surface area contributed by atoms with Crippen LogP contribution in [0.15, 0.2) is 77.7 Å². The third kappa shape index (κ3) is 5.14. The first-order valence-corrected chi connectivity index (χ1v) is 10.3. The molecule has 0 atom stereocenters. The Balaban J connectivity index is 1.68. The molecule has 3 rings (SSSR count). The van der Waals surface area contributed by atoms with Crippen molar-refractivity contribution < 1.29 is 4.79 Å². The molecule has 3 aromatic rings. The third-order valence-electron chi connectivity index (χ3n) is 4.40. The maximum atomic E-state index is 12.6. The highest BCUT2D eigenvalue weighted by molar-refractivity contribution is 7.98. The minimum absolute atomic E-state index is 0.0935. The number of amides is 1. The Hall–Kier alpha value is -2.72. The highest BCUT2D eigenvalue weighted by Gasteiger charge is 2.08. The van der Waals surface area contributed by atoms with Crippen LogP contribution in [-0.4, -0.2) is 12.2 Å². The normalized spacial score (nSPS) is 10.4. The molecule has 0 unspecified atom stereocenters. The first-order valence-electron chi connectivity index (χ1n) is 9.05.